The fourth-order valence-electron chi connectivity index (χ4n) is 2.14. The molecule has 0 aromatic rings. The summed E-state index contributed by atoms with van der Waals surface area (Å²) in [6.45, 7) is 5.39. The number of rotatable bonds is 7. The number of amides is 2. The van der Waals surface area contributed by atoms with Crippen molar-refractivity contribution in [2.24, 2.45) is 5.92 Å². The third-order valence-electron chi connectivity index (χ3n) is 3.17. The maximum atomic E-state index is 11.6. The van der Waals surface area contributed by atoms with E-state index in [2.05, 4.69) is 16.0 Å². The molecule has 112 valence electrons. The van der Waals surface area contributed by atoms with Gasteiger partial charge in [-0.25, -0.2) is 0 Å². The maximum absolute atomic E-state index is 11.6. The summed E-state index contributed by atoms with van der Waals surface area (Å²) >= 11 is 0. The molecule has 1 rings (SSSR count). The van der Waals surface area contributed by atoms with E-state index >= 15 is 0 Å². The van der Waals surface area contributed by atoms with E-state index in [1.165, 1.54) is 12.8 Å². The van der Waals surface area contributed by atoms with Crippen LogP contribution in [0.25, 0.3) is 0 Å². The Kier molecular flexibility index (Phi) is 10.6. The van der Waals surface area contributed by atoms with Crippen molar-refractivity contribution in [3.05, 3.63) is 0 Å². The molecular formula is C13H26ClN3O2. The van der Waals surface area contributed by atoms with Crippen molar-refractivity contribution >= 4 is 24.2 Å². The highest BCUT2D eigenvalue weighted by molar-refractivity contribution is 5.85. The van der Waals surface area contributed by atoms with Gasteiger partial charge < -0.3 is 16.0 Å². The SMILES string of the molecule is CCNC(=O)CCCC(=O)NCC1CCCNC1.Cl. The van der Waals surface area contributed by atoms with E-state index in [-0.39, 0.29) is 24.2 Å². The predicted octanol–water partition coefficient (Wildman–Crippen LogP) is 0.830. The molecule has 1 atom stereocenters. The van der Waals surface area contributed by atoms with Crippen molar-refractivity contribution < 1.29 is 9.59 Å². The zero-order chi connectivity index (χ0) is 13.2. The summed E-state index contributed by atoms with van der Waals surface area (Å²) in [6, 6.07) is 0. The third kappa shape index (κ3) is 8.83. The van der Waals surface area contributed by atoms with E-state index < -0.39 is 0 Å². The molecule has 1 unspecified atom stereocenters. The standard InChI is InChI=1S/C13H25N3O2.ClH/c1-2-15-12(17)6-3-7-13(18)16-10-11-5-4-8-14-9-11;/h11,14H,2-10H2,1H3,(H,15,17)(H,16,18);1H. The molecule has 5 nitrogen and oxygen atoms in total. The molecule has 3 N–H and O–H groups in total. The summed E-state index contributed by atoms with van der Waals surface area (Å²) in [6.07, 6.45) is 3.88. The lowest BCUT2D eigenvalue weighted by molar-refractivity contribution is -0.122. The Labute approximate surface area is 121 Å². The molecule has 1 heterocycles. The summed E-state index contributed by atoms with van der Waals surface area (Å²) in [5.41, 5.74) is 0. The molecule has 2 amide bonds. The minimum atomic E-state index is 0. The zero-order valence-electron chi connectivity index (χ0n) is 11.7. The van der Waals surface area contributed by atoms with Crippen LogP contribution in [-0.4, -0.2) is 38.0 Å². The Morgan fingerprint density at radius 2 is 1.89 bits per heavy atom. The van der Waals surface area contributed by atoms with Gasteiger partial charge in [0.15, 0.2) is 0 Å². The van der Waals surface area contributed by atoms with E-state index in [0.717, 1.165) is 19.6 Å². The molecule has 0 spiro atoms. The van der Waals surface area contributed by atoms with Gasteiger partial charge in [-0.15, -0.1) is 12.4 Å². The number of piperidine rings is 1. The van der Waals surface area contributed by atoms with Crippen LogP contribution in [0.5, 0.6) is 0 Å². The van der Waals surface area contributed by atoms with Gasteiger partial charge in [-0.3, -0.25) is 9.59 Å². The van der Waals surface area contributed by atoms with Crippen LogP contribution >= 0.6 is 12.4 Å². The summed E-state index contributed by atoms with van der Waals surface area (Å²) in [5.74, 6) is 0.651. The highest BCUT2D eigenvalue weighted by Crippen LogP contribution is 2.08. The molecule has 0 aliphatic carbocycles. The average Bonchev–Trinajstić information content (AvgIpc) is 2.38. The third-order valence-corrected chi connectivity index (χ3v) is 3.17. The van der Waals surface area contributed by atoms with Crippen molar-refractivity contribution in [3.63, 3.8) is 0 Å². The van der Waals surface area contributed by atoms with Crippen LogP contribution in [0.3, 0.4) is 0 Å². The van der Waals surface area contributed by atoms with Gasteiger partial charge in [-0.2, -0.15) is 0 Å². The van der Waals surface area contributed by atoms with Crippen LogP contribution in [-0.2, 0) is 9.59 Å². The smallest absolute Gasteiger partial charge is 0.220 e. The minimum Gasteiger partial charge on any atom is -0.356 e. The van der Waals surface area contributed by atoms with Gasteiger partial charge >= 0.3 is 0 Å². The molecule has 0 aromatic heterocycles. The van der Waals surface area contributed by atoms with Gasteiger partial charge in [0.05, 0.1) is 0 Å². The lowest BCUT2D eigenvalue weighted by Gasteiger charge is -2.22. The van der Waals surface area contributed by atoms with Gasteiger partial charge in [0.1, 0.15) is 0 Å². The monoisotopic (exact) mass is 291 g/mol. The molecule has 0 bridgehead atoms. The second kappa shape index (κ2) is 11.1. The van der Waals surface area contributed by atoms with Crippen molar-refractivity contribution in [2.75, 3.05) is 26.2 Å². The first-order chi connectivity index (χ1) is 8.72. The fraction of sp³-hybridized carbons (Fsp3) is 0.846. The van der Waals surface area contributed by atoms with Crippen LogP contribution in [0.15, 0.2) is 0 Å². The number of nitrogens with one attached hydrogen (secondary N) is 3. The van der Waals surface area contributed by atoms with Gasteiger partial charge in [0.2, 0.25) is 11.8 Å². The van der Waals surface area contributed by atoms with Crippen molar-refractivity contribution in [1.29, 1.82) is 0 Å². The molecule has 0 aromatic carbocycles. The Balaban J connectivity index is 0.00000324. The highest BCUT2D eigenvalue weighted by Gasteiger charge is 2.13. The van der Waals surface area contributed by atoms with Crippen LogP contribution < -0.4 is 16.0 Å². The minimum absolute atomic E-state index is 0. The molecule has 19 heavy (non-hydrogen) atoms. The zero-order valence-corrected chi connectivity index (χ0v) is 12.5. The second-order valence-electron chi connectivity index (χ2n) is 4.82. The second-order valence-corrected chi connectivity index (χ2v) is 4.82. The van der Waals surface area contributed by atoms with Gasteiger partial charge in [0, 0.05) is 25.9 Å². The first-order valence-corrected chi connectivity index (χ1v) is 6.96. The van der Waals surface area contributed by atoms with E-state index in [9.17, 15) is 9.59 Å². The Morgan fingerprint density at radius 1 is 1.21 bits per heavy atom. The van der Waals surface area contributed by atoms with Crippen molar-refractivity contribution in [3.8, 4) is 0 Å². The molecule has 1 aliphatic heterocycles. The number of halogens is 1. The maximum Gasteiger partial charge on any atom is 0.220 e. The Morgan fingerprint density at radius 3 is 2.47 bits per heavy atom. The number of hydrogen-bond acceptors (Lipinski definition) is 3. The largest absolute Gasteiger partial charge is 0.356 e. The molecular weight excluding hydrogens is 266 g/mol. The molecule has 1 aliphatic rings. The summed E-state index contributed by atoms with van der Waals surface area (Å²) < 4.78 is 0. The van der Waals surface area contributed by atoms with Gasteiger partial charge in [-0.05, 0) is 45.2 Å². The Hall–Kier alpha value is -0.810. The predicted molar refractivity (Wildman–Crippen MR) is 78.4 cm³/mol. The van der Waals surface area contributed by atoms with Gasteiger partial charge in [0.25, 0.3) is 0 Å². The van der Waals surface area contributed by atoms with Gasteiger partial charge in [-0.1, -0.05) is 0 Å². The average molecular weight is 292 g/mol. The molecule has 1 saturated heterocycles. The summed E-state index contributed by atoms with van der Waals surface area (Å²) in [4.78, 5) is 22.7. The van der Waals surface area contributed by atoms with E-state index in [4.69, 9.17) is 0 Å². The number of carbonyl (C=O) groups is 2. The van der Waals surface area contributed by atoms with E-state index in [1.807, 2.05) is 6.92 Å². The van der Waals surface area contributed by atoms with E-state index in [0.29, 0.717) is 31.7 Å². The quantitative estimate of drug-likeness (QED) is 0.651. The van der Waals surface area contributed by atoms with Crippen molar-refractivity contribution in [2.45, 2.75) is 39.0 Å². The van der Waals surface area contributed by atoms with Crippen LogP contribution in [0.1, 0.15) is 39.0 Å². The number of hydrogen-bond donors (Lipinski definition) is 3. The normalized spacial score (nSPS) is 18.3. The summed E-state index contributed by atoms with van der Waals surface area (Å²) in [7, 11) is 0. The van der Waals surface area contributed by atoms with Crippen LogP contribution in [0.4, 0.5) is 0 Å². The lowest BCUT2D eigenvalue weighted by atomic mass is 10.00. The molecule has 1 fully saturated rings. The highest BCUT2D eigenvalue weighted by atomic mass is 35.5. The molecule has 6 heteroatoms. The topological polar surface area (TPSA) is 70.2 Å². The Bertz CT molecular complexity index is 269. The van der Waals surface area contributed by atoms with Crippen LogP contribution in [0.2, 0.25) is 0 Å². The number of carbonyl (C=O) groups excluding carboxylic acids is 2. The first kappa shape index (κ1) is 18.2. The first-order valence-electron chi connectivity index (χ1n) is 6.96. The fourth-order valence-corrected chi connectivity index (χ4v) is 2.14. The molecule has 0 radical (unpaired) electrons. The van der Waals surface area contributed by atoms with Crippen LogP contribution in [0, 0.1) is 5.92 Å². The van der Waals surface area contributed by atoms with Crippen molar-refractivity contribution in [1.82, 2.24) is 16.0 Å². The lowest BCUT2D eigenvalue weighted by Crippen LogP contribution is -2.38. The summed E-state index contributed by atoms with van der Waals surface area (Å²) in [5, 5.41) is 9.00. The molecule has 0 saturated carbocycles. The van der Waals surface area contributed by atoms with E-state index in [1.54, 1.807) is 0 Å².